The maximum Gasteiger partial charge on any atom is 0.0712 e. The molecule has 0 aromatic heterocycles. The van der Waals surface area contributed by atoms with Gasteiger partial charge < -0.3 is 4.90 Å². The molecule has 0 saturated carbocycles. The van der Waals surface area contributed by atoms with Crippen molar-refractivity contribution in [2.24, 2.45) is 0 Å². The van der Waals surface area contributed by atoms with E-state index in [4.69, 9.17) is 11.6 Å². The Morgan fingerprint density at radius 1 is 1.20 bits per heavy atom. The Morgan fingerprint density at radius 2 is 1.80 bits per heavy atom. The van der Waals surface area contributed by atoms with Crippen LogP contribution in [-0.4, -0.2) is 24.5 Å². The summed E-state index contributed by atoms with van der Waals surface area (Å²) >= 11 is 9.81. The molecule has 2 rings (SSSR count). The van der Waals surface area contributed by atoms with Gasteiger partial charge in [-0.2, -0.15) is 0 Å². The second-order valence-corrected chi connectivity index (χ2v) is 5.47. The van der Waals surface area contributed by atoms with Crippen LogP contribution in [0.1, 0.15) is 23.8 Å². The first-order valence-corrected chi connectivity index (χ1v) is 6.60. The number of rotatable bonds is 3. The lowest BCUT2D eigenvalue weighted by Gasteiger charge is -2.18. The van der Waals surface area contributed by atoms with Crippen LogP contribution in [0.5, 0.6) is 0 Å². The third-order valence-electron chi connectivity index (χ3n) is 2.85. The molecule has 1 aromatic rings. The minimum Gasteiger partial charge on any atom is -0.302 e. The average Bonchev–Trinajstić information content (AvgIpc) is 2.71. The van der Waals surface area contributed by atoms with Crippen molar-refractivity contribution >= 4 is 27.5 Å². The Morgan fingerprint density at radius 3 is 2.40 bits per heavy atom. The molecule has 1 unspecified atom stereocenters. The quantitative estimate of drug-likeness (QED) is 0.764. The number of benzene rings is 1. The van der Waals surface area contributed by atoms with Gasteiger partial charge in [-0.3, -0.25) is 0 Å². The van der Waals surface area contributed by atoms with E-state index in [9.17, 15) is 0 Å². The van der Waals surface area contributed by atoms with E-state index in [1.165, 1.54) is 31.5 Å². The van der Waals surface area contributed by atoms with Gasteiger partial charge in [0.15, 0.2) is 0 Å². The fraction of sp³-hybridized carbons (Fsp3) is 0.500. The molecule has 1 aliphatic heterocycles. The van der Waals surface area contributed by atoms with Gasteiger partial charge in [0.2, 0.25) is 0 Å². The first-order chi connectivity index (χ1) is 7.25. The van der Waals surface area contributed by atoms with E-state index in [0.29, 0.717) is 0 Å². The van der Waals surface area contributed by atoms with Crippen LogP contribution >= 0.6 is 27.5 Å². The topological polar surface area (TPSA) is 3.24 Å². The van der Waals surface area contributed by atoms with E-state index >= 15 is 0 Å². The van der Waals surface area contributed by atoms with E-state index < -0.39 is 0 Å². The summed E-state index contributed by atoms with van der Waals surface area (Å²) in [6.45, 7) is 3.39. The van der Waals surface area contributed by atoms with E-state index in [1.807, 2.05) is 0 Å². The summed E-state index contributed by atoms with van der Waals surface area (Å²) in [5.74, 6) is 0. The molecule has 1 fully saturated rings. The molecular weight excluding hydrogens is 273 g/mol. The van der Waals surface area contributed by atoms with Crippen molar-refractivity contribution in [2.75, 3.05) is 19.6 Å². The zero-order valence-electron chi connectivity index (χ0n) is 8.63. The smallest absolute Gasteiger partial charge is 0.0712 e. The Kier molecular flexibility index (Phi) is 4.06. The molecule has 82 valence electrons. The number of hydrogen-bond donors (Lipinski definition) is 0. The Bertz CT molecular complexity index is 306. The van der Waals surface area contributed by atoms with E-state index in [0.717, 1.165) is 11.0 Å². The number of nitrogens with zero attached hydrogens (tertiary/aromatic N) is 1. The van der Waals surface area contributed by atoms with E-state index in [1.54, 1.807) is 0 Å². The molecule has 1 atom stereocenters. The number of halogens is 2. The lowest BCUT2D eigenvalue weighted by atomic mass is 10.1. The second kappa shape index (κ2) is 5.33. The summed E-state index contributed by atoms with van der Waals surface area (Å²) in [4.78, 5) is 2.44. The fourth-order valence-corrected chi connectivity index (χ4v) is 2.57. The first-order valence-electron chi connectivity index (χ1n) is 5.37. The summed E-state index contributed by atoms with van der Waals surface area (Å²) in [6.07, 6.45) is 2.65. The van der Waals surface area contributed by atoms with Crippen LogP contribution in [0.3, 0.4) is 0 Å². The number of likely N-dealkylation sites (tertiary alicyclic amines) is 1. The monoisotopic (exact) mass is 287 g/mol. The van der Waals surface area contributed by atoms with Crippen molar-refractivity contribution in [3.63, 3.8) is 0 Å². The Hall–Kier alpha value is -0.0500. The maximum atomic E-state index is 6.38. The lowest BCUT2D eigenvalue weighted by molar-refractivity contribution is 0.339. The molecule has 1 nitrogen and oxygen atoms in total. The van der Waals surface area contributed by atoms with Crippen molar-refractivity contribution in [1.29, 1.82) is 0 Å². The molecule has 1 heterocycles. The Labute approximate surface area is 105 Å². The van der Waals surface area contributed by atoms with Gasteiger partial charge in [0.1, 0.15) is 0 Å². The van der Waals surface area contributed by atoms with Gasteiger partial charge in [-0.15, -0.1) is 11.6 Å². The van der Waals surface area contributed by atoms with Crippen LogP contribution in [0.2, 0.25) is 0 Å². The summed E-state index contributed by atoms with van der Waals surface area (Å²) in [5, 5.41) is 0.121. The van der Waals surface area contributed by atoms with Crippen molar-refractivity contribution in [1.82, 2.24) is 4.90 Å². The van der Waals surface area contributed by atoms with Crippen LogP contribution in [0.4, 0.5) is 0 Å². The van der Waals surface area contributed by atoms with Gasteiger partial charge in [0.25, 0.3) is 0 Å². The SMILES string of the molecule is ClC(CN1CCCC1)c1ccc(Br)cc1. The molecule has 3 heteroatoms. The van der Waals surface area contributed by atoms with Gasteiger partial charge in [-0.25, -0.2) is 0 Å². The zero-order chi connectivity index (χ0) is 10.7. The third-order valence-corrected chi connectivity index (χ3v) is 3.77. The van der Waals surface area contributed by atoms with Gasteiger partial charge >= 0.3 is 0 Å². The van der Waals surface area contributed by atoms with Gasteiger partial charge in [0, 0.05) is 11.0 Å². The van der Waals surface area contributed by atoms with Crippen LogP contribution < -0.4 is 0 Å². The van der Waals surface area contributed by atoms with Crippen molar-refractivity contribution in [3.8, 4) is 0 Å². The van der Waals surface area contributed by atoms with Gasteiger partial charge in [-0.1, -0.05) is 28.1 Å². The molecular formula is C12H15BrClN. The highest BCUT2D eigenvalue weighted by Crippen LogP contribution is 2.24. The fourth-order valence-electron chi connectivity index (χ4n) is 1.97. The minimum absolute atomic E-state index is 0.121. The van der Waals surface area contributed by atoms with Crippen LogP contribution in [0.15, 0.2) is 28.7 Å². The highest BCUT2D eigenvalue weighted by Gasteiger charge is 2.16. The molecule has 0 aliphatic carbocycles. The predicted octanol–water partition coefficient (Wildman–Crippen LogP) is 3.82. The highest BCUT2D eigenvalue weighted by atomic mass is 79.9. The van der Waals surface area contributed by atoms with E-state index in [2.05, 4.69) is 45.1 Å². The van der Waals surface area contributed by atoms with Crippen molar-refractivity contribution in [3.05, 3.63) is 34.3 Å². The predicted molar refractivity (Wildman–Crippen MR) is 68.4 cm³/mol. The zero-order valence-corrected chi connectivity index (χ0v) is 11.0. The summed E-state index contributed by atoms with van der Waals surface area (Å²) in [6, 6.07) is 8.29. The number of hydrogen-bond acceptors (Lipinski definition) is 1. The largest absolute Gasteiger partial charge is 0.302 e. The van der Waals surface area contributed by atoms with Crippen LogP contribution in [-0.2, 0) is 0 Å². The van der Waals surface area contributed by atoms with Crippen LogP contribution in [0, 0.1) is 0 Å². The molecule has 15 heavy (non-hydrogen) atoms. The molecule has 1 saturated heterocycles. The highest BCUT2D eigenvalue weighted by molar-refractivity contribution is 9.10. The molecule has 1 aromatic carbocycles. The minimum atomic E-state index is 0.121. The van der Waals surface area contributed by atoms with Crippen LogP contribution in [0.25, 0.3) is 0 Å². The van der Waals surface area contributed by atoms with Crippen molar-refractivity contribution in [2.45, 2.75) is 18.2 Å². The molecule has 0 N–H and O–H groups in total. The maximum absolute atomic E-state index is 6.38. The lowest BCUT2D eigenvalue weighted by Crippen LogP contribution is -2.23. The summed E-state index contributed by atoms with van der Waals surface area (Å²) in [7, 11) is 0. The third kappa shape index (κ3) is 3.20. The standard InChI is InChI=1S/C12H15BrClN/c13-11-5-3-10(4-6-11)12(14)9-15-7-1-2-8-15/h3-6,12H,1-2,7-9H2. The Balaban J connectivity index is 1.94. The van der Waals surface area contributed by atoms with Gasteiger partial charge in [-0.05, 0) is 43.6 Å². The van der Waals surface area contributed by atoms with Gasteiger partial charge in [0.05, 0.1) is 5.38 Å². The molecule has 0 amide bonds. The molecule has 1 aliphatic rings. The molecule has 0 spiro atoms. The molecule has 0 bridgehead atoms. The normalized spacial score (nSPS) is 19.3. The average molecular weight is 289 g/mol. The summed E-state index contributed by atoms with van der Waals surface area (Å²) < 4.78 is 1.11. The van der Waals surface area contributed by atoms with E-state index in [-0.39, 0.29) is 5.38 Å². The second-order valence-electron chi connectivity index (χ2n) is 4.03. The number of alkyl halides is 1. The first kappa shape index (κ1) is 11.4. The summed E-state index contributed by atoms with van der Waals surface area (Å²) in [5.41, 5.74) is 1.21. The molecule has 0 radical (unpaired) electrons. The van der Waals surface area contributed by atoms with Crippen molar-refractivity contribution < 1.29 is 0 Å².